The molecule has 0 saturated carbocycles. The lowest BCUT2D eigenvalue weighted by molar-refractivity contribution is -0.936. The van der Waals surface area contributed by atoms with E-state index in [-0.39, 0.29) is 0 Å². The zero-order chi connectivity index (χ0) is 12.4. The summed E-state index contributed by atoms with van der Waals surface area (Å²) in [5, 5.41) is 0. The van der Waals surface area contributed by atoms with Crippen LogP contribution < -0.4 is 3.95 Å². The molecule has 0 fully saturated rings. The number of hydrogen-bond donors (Lipinski definition) is 1. The summed E-state index contributed by atoms with van der Waals surface area (Å²) in [5.41, 5.74) is 1.46. The highest BCUT2D eigenvalue weighted by Gasteiger charge is 2.20. The quantitative estimate of drug-likeness (QED) is 0.498. The van der Waals surface area contributed by atoms with Gasteiger partial charge >= 0.3 is 0 Å². The van der Waals surface area contributed by atoms with E-state index in [9.17, 15) is 0 Å². The molecule has 0 radical (unpaired) electrons. The first kappa shape index (κ1) is 15.9. The van der Waals surface area contributed by atoms with Crippen molar-refractivity contribution in [1.29, 1.82) is 0 Å². The fourth-order valence-corrected chi connectivity index (χ4v) is 1.98. The van der Waals surface area contributed by atoms with Gasteiger partial charge in [0.25, 0.3) is 0 Å². The number of hydrogen-bond acceptors (Lipinski definition) is 1. The van der Waals surface area contributed by atoms with E-state index >= 15 is 0 Å². The average Bonchev–Trinajstić information content (AvgIpc) is 2.40. The molecule has 2 nitrogen and oxygen atoms in total. The summed E-state index contributed by atoms with van der Waals surface area (Å²) < 4.78 is 5.67. The van der Waals surface area contributed by atoms with Crippen molar-refractivity contribution >= 4 is 22.9 Å². The molecule has 0 aliphatic rings. The lowest BCUT2D eigenvalue weighted by atomic mass is 10.2. The molecule has 0 saturated heterocycles. The lowest BCUT2D eigenvalue weighted by Gasteiger charge is -2.35. The molecule has 1 rings (SSSR count). The summed E-state index contributed by atoms with van der Waals surface area (Å²) in [6.45, 7) is 11.7. The van der Waals surface area contributed by atoms with Crippen LogP contribution in [0, 0.1) is 0 Å². The molecular formula is C13H24IN2+. The fourth-order valence-electron chi connectivity index (χ4n) is 1.98. The molecule has 16 heavy (non-hydrogen) atoms. The van der Waals surface area contributed by atoms with Crippen LogP contribution in [0.2, 0.25) is 0 Å². The molecule has 0 aliphatic carbocycles. The first-order chi connectivity index (χ1) is 7.76. The van der Waals surface area contributed by atoms with E-state index in [1.54, 1.807) is 22.9 Å². The van der Waals surface area contributed by atoms with Crippen molar-refractivity contribution in [2.45, 2.75) is 27.3 Å². The number of halogens is 1. The Morgan fingerprint density at radius 3 is 1.75 bits per heavy atom. The number of nitrogens with zero attached hydrogens (tertiary/aromatic N) is 1. The highest BCUT2D eigenvalue weighted by Crippen LogP contribution is 2.13. The van der Waals surface area contributed by atoms with Gasteiger partial charge in [0.05, 0.1) is 19.6 Å². The van der Waals surface area contributed by atoms with E-state index in [2.05, 4.69) is 55.1 Å². The Balaban J connectivity index is 0.00000106. The minimum absolute atomic E-state index is 1.17. The first-order valence-electron chi connectivity index (χ1n) is 5.87. The van der Waals surface area contributed by atoms with Crippen LogP contribution in [0.5, 0.6) is 0 Å². The topological polar surface area (TPSA) is 26.0 Å². The third-order valence-corrected chi connectivity index (χ3v) is 3.37. The van der Waals surface area contributed by atoms with E-state index in [1.165, 1.54) is 36.2 Å². The summed E-state index contributed by atoms with van der Waals surface area (Å²) >= 11 is 1.65. The van der Waals surface area contributed by atoms with Gasteiger partial charge in [-0.15, -0.1) is 0 Å². The zero-order valence-corrected chi connectivity index (χ0v) is 12.8. The molecule has 92 valence electrons. The summed E-state index contributed by atoms with van der Waals surface area (Å²) in [6, 6.07) is 10.8. The van der Waals surface area contributed by atoms with Crippen LogP contribution in [0.25, 0.3) is 0 Å². The number of benzene rings is 1. The average molecular weight is 335 g/mol. The number of rotatable bonds is 5. The van der Waals surface area contributed by atoms with Crippen molar-refractivity contribution in [3.8, 4) is 0 Å². The van der Waals surface area contributed by atoms with Crippen LogP contribution in [-0.2, 0) is 6.54 Å². The predicted octanol–water partition coefficient (Wildman–Crippen LogP) is 3.36. The summed E-state index contributed by atoms with van der Waals surface area (Å²) in [7, 11) is 0. The van der Waals surface area contributed by atoms with Crippen LogP contribution in [0.15, 0.2) is 30.3 Å². The Labute approximate surface area is 114 Å². The fraction of sp³-hybridized carbons (Fsp3) is 0.538. The molecule has 0 unspecified atom stereocenters. The molecule has 0 amide bonds. The lowest BCUT2D eigenvalue weighted by Crippen LogP contribution is -2.46. The van der Waals surface area contributed by atoms with Crippen LogP contribution in [0.3, 0.4) is 0 Å². The third kappa shape index (κ3) is 4.80. The van der Waals surface area contributed by atoms with Crippen molar-refractivity contribution in [3.63, 3.8) is 0 Å². The van der Waals surface area contributed by atoms with Gasteiger partial charge < -0.3 is 4.48 Å². The second kappa shape index (κ2) is 8.96. The van der Waals surface area contributed by atoms with Gasteiger partial charge in [-0.1, -0.05) is 30.3 Å². The van der Waals surface area contributed by atoms with Crippen LogP contribution in [0.4, 0.5) is 0 Å². The molecule has 0 spiro atoms. The Morgan fingerprint density at radius 2 is 1.38 bits per heavy atom. The molecule has 0 aliphatic heterocycles. The maximum absolute atomic E-state index is 4.47. The van der Waals surface area contributed by atoms with Gasteiger partial charge in [0.1, 0.15) is 6.54 Å². The molecule has 0 atom stereocenters. The highest BCUT2D eigenvalue weighted by molar-refractivity contribution is 14.1. The minimum atomic E-state index is 1.17. The van der Waals surface area contributed by atoms with Crippen molar-refractivity contribution in [2.75, 3.05) is 19.6 Å². The van der Waals surface area contributed by atoms with Gasteiger partial charge in [0.15, 0.2) is 0 Å². The summed E-state index contributed by atoms with van der Waals surface area (Å²) in [4.78, 5) is 0. The largest absolute Gasteiger partial charge is 0.321 e. The van der Waals surface area contributed by atoms with E-state index in [0.717, 1.165) is 0 Å². The van der Waals surface area contributed by atoms with Crippen LogP contribution in [-0.4, -0.2) is 24.1 Å². The Kier molecular flexibility index (Phi) is 8.89. The smallest absolute Gasteiger partial charge is 0.104 e. The standard InChI is InChI=1S/C13H22N.H2IN/c1-4-14(5-2,6-3)12-13-10-8-7-9-11-13;1-2/h7-11H,4-6,12H2,1-3H3;2H2/q+1;. The molecule has 3 heteroatoms. The third-order valence-electron chi connectivity index (χ3n) is 3.37. The second-order valence-electron chi connectivity index (χ2n) is 3.93. The van der Waals surface area contributed by atoms with Gasteiger partial charge in [-0.05, 0) is 20.8 Å². The summed E-state index contributed by atoms with van der Waals surface area (Å²) in [5.74, 6) is 0. The molecule has 0 heterocycles. The van der Waals surface area contributed by atoms with Crippen molar-refractivity contribution < 1.29 is 4.48 Å². The van der Waals surface area contributed by atoms with Gasteiger partial charge in [0.2, 0.25) is 0 Å². The Morgan fingerprint density at radius 1 is 0.938 bits per heavy atom. The zero-order valence-electron chi connectivity index (χ0n) is 10.6. The minimum Gasteiger partial charge on any atom is -0.321 e. The monoisotopic (exact) mass is 335 g/mol. The summed E-state index contributed by atoms with van der Waals surface area (Å²) in [6.07, 6.45) is 0. The van der Waals surface area contributed by atoms with Gasteiger partial charge in [-0.25, -0.2) is 0 Å². The van der Waals surface area contributed by atoms with Crippen molar-refractivity contribution in [2.24, 2.45) is 3.95 Å². The molecule has 2 N–H and O–H groups in total. The molecule has 0 bridgehead atoms. The maximum Gasteiger partial charge on any atom is 0.104 e. The number of nitrogens with two attached hydrogens (primary N) is 1. The Hall–Kier alpha value is -0.130. The van der Waals surface area contributed by atoms with E-state index in [0.29, 0.717) is 0 Å². The van der Waals surface area contributed by atoms with Gasteiger partial charge in [-0.3, -0.25) is 3.95 Å². The van der Waals surface area contributed by atoms with Gasteiger partial charge in [-0.2, -0.15) is 0 Å². The molecule has 1 aromatic rings. The van der Waals surface area contributed by atoms with Crippen molar-refractivity contribution in [3.05, 3.63) is 35.9 Å². The molecule has 1 aromatic carbocycles. The normalized spacial score (nSPS) is 10.6. The second-order valence-corrected chi connectivity index (χ2v) is 3.93. The van der Waals surface area contributed by atoms with E-state index in [1.807, 2.05) is 0 Å². The van der Waals surface area contributed by atoms with Crippen LogP contribution in [0.1, 0.15) is 26.3 Å². The van der Waals surface area contributed by atoms with E-state index < -0.39 is 0 Å². The van der Waals surface area contributed by atoms with E-state index in [4.69, 9.17) is 0 Å². The van der Waals surface area contributed by atoms with Crippen molar-refractivity contribution in [1.82, 2.24) is 0 Å². The van der Waals surface area contributed by atoms with Crippen LogP contribution >= 0.6 is 22.9 Å². The first-order valence-corrected chi connectivity index (χ1v) is 7.11. The SMILES string of the molecule is CC[N+](CC)(CC)Cc1ccccc1.NI. The number of quaternary nitrogens is 1. The molecular weight excluding hydrogens is 311 g/mol. The van der Waals surface area contributed by atoms with Gasteiger partial charge in [0, 0.05) is 28.4 Å². The molecule has 0 aromatic heterocycles. The predicted molar refractivity (Wildman–Crippen MR) is 80.2 cm³/mol. The Bertz CT molecular complexity index is 250. The highest BCUT2D eigenvalue weighted by atomic mass is 127. The maximum atomic E-state index is 4.47.